The SMILES string of the molecule is COc1ccc(F)cc1C(=O)CN(C)C. The molecular weight excluding hydrogens is 197 g/mol. The van der Waals surface area contributed by atoms with Crippen LogP contribution in [0.25, 0.3) is 0 Å². The van der Waals surface area contributed by atoms with Gasteiger partial charge in [-0.25, -0.2) is 4.39 Å². The molecule has 0 spiro atoms. The lowest BCUT2D eigenvalue weighted by Gasteiger charge is -2.11. The predicted molar refractivity (Wildman–Crippen MR) is 55.8 cm³/mol. The predicted octanol–water partition coefficient (Wildman–Crippen LogP) is 1.58. The number of methoxy groups -OCH3 is 1. The van der Waals surface area contributed by atoms with Crippen LogP contribution in [-0.4, -0.2) is 38.4 Å². The normalized spacial score (nSPS) is 10.5. The second kappa shape index (κ2) is 4.89. The molecule has 0 unspecified atom stereocenters. The molecule has 0 heterocycles. The highest BCUT2D eigenvalue weighted by Gasteiger charge is 2.13. The maximum atomic E-state index is 13.0. The summed E-state index contributed by atoms with van der Waals surface area (Å²) in [7, 11) is 5.02. The number of hydrogen-bond donors (Lipinski definition) is 0. The van der Waals surface area contributed by atoms with Gasteiger partial charge in [-0.05, 0) is 32.3 Å². The summed E-state index contributed by atoms with van der Waals surface area (Å²) in [6, 6.07) is 3.92. The lowest BCUT2D eigenvalue weighted by atomic mass is 10.1. The molecule has 0 fully saturated rings. The first-order valence-corrected chi connectivity index (χ1v) is 4.56. The third-order valence-electron chi connectivity index (χ3n) is 1.92. The zero-order chi connectivity index (χ0) is 11.4. The second-order valence-electron chi connectivity index (χ2n) is 3.51. The Kier molecular flexibility index (Phi) is 3.80. The average molecular weight is 211 g/mol. The standard InChI is InChI=1S/C11H14FNO2/c1-13(2)7-10(14)9-6-8(12)4-5-11(9)15-3/h4-6H,7H2,1-3H3. The van der Waals surface area contributed by atoms with Gasteiger partial charge in [0.15, 0.2) is 5.78 Å². The van der Waals surface area contributed by atoms with Crippen molar-refractivity contribution in [2.24, 2.45) is 0 Å². The number of halogens is 1. The molecule has 82 valence electrons. The first-order valence-electron chi connectivity index (χ1n) is 4.56. The number of nitrogens with zero attached hydrogens (tertiary/aromatic N) is 1. The minimum Gasteiger partial charge on any atom is -0.496 e. The molecule has 0 saturated carbocycles. The van der Waals surface area contributed by atoms with E-state index in [2.05, 4.69) is 0 Å². The highest BCUT2D eigenvalue weighted by Crippen LogP contribution is 2.19. The van der Waals surface area contributed by atoms with Crippen LogP contribution in [-0.2, 0) is 0 Å². The zero-order valence-electron chi connectivity index (χ0n) is 9.08. The Labute approximate surface area is 88.5 Å². The third-order valence-corrected chi connectivity index (χ3v) is 1.92. The lowest BCUT2D eigenvalue weighted by molar-refractivity contribution is 0.0954. The fourth-order valence-electron chi connectivity index (χ4n) is 1.27. The Morgan fingerprint density at radius 3 is 2.67 bits per heavy atom. The fourth-order valence-corrected chi connectivity index (χ4v) is 1.27. The van der Waals surface area contributed by atoms with Crippen LogP contribution >= 0.6 is 0 Å². The summed E-state index contributed by atoms with van der Waals surface area (Å²) in [5.41, 5.74) is 0.284. The molecule has 0 N–H and O–H groups in total. The van der Waals surface area contributed by atoms with E-state index in [0.29, 0.717) is 5.75 Å². The number of Topliss-reactive ketones (excluding diaryl/α,β-unsaturated/α-hetero) is 1. The molecule has 0 aliphatic rings. The number of carbonyl (C=O) groups excluding carboxylic acids is 1. The molecule has 4 heteroatoms. The highest BCUT2D eigenvalue weighted by molar-refractivity contribution is 6.00. The Balaban J connectivity index is 3.00. The van der Waals surface area contributed by atoms with E-state index in [1.165, 1.54) is 25.3 Å². The van der Waals surface area contributed by atoms with Crippen LogP contribution in [0.2, 0.25) is 0 Å². The Morgan fingerprint density at radius 2 is 2.13 bits per heavy atom. The molecule has 0 aliphatic heterocycles. The summed E-state index contributed by atoms with van der Waals surface area (Å²) in [6.07, 6.45) is 0. The van der Waals surface area contributed by atoms with Gasteiger partial charge >= 0.3 is 0 Å². The monoisotopic (exact) mass is 211 g/mol. The highest BCUT2D eigenvalue weighted by atomic mass is 19.1. The second-order valence-corrected chi connectivity index (χ2v) is 3.51. The number of benzene rings is 1. The number of hydrogen-bond acceptors (Lipinski definition) is 3. The maximum absolute atomic E-state index is 13.0. The third kappa shape index (κ3) is 3.02. The Bertz CT molecular complexity index is 364. The molecule has 1 aromatic carbocycles. The molecule has 1 aromatic rings. The van der Waals surface area contributed by atoms with Crippen molar-refractivity contribution in [3.63, 3.8) is 0 Å². The first kappa shape index (κ1) is 11.7. The van der Waals surface area contributed by atoms with E-state index < -0.39 is 5.82 Å². The van der Waals surface area contributed by atoms with Gasteiger partial charge in [-0.2, -0.15) is 0 Å². The van der Waals surface area contributed by atoms with Crippen LogP contribution in [0, 0.1) is 5.82 Å². The smallest absolute Gasteiger partial charge is 0.180 e. The average Bonchev–Trinajstić information content (AvgIpc) is 2.16. The maximum Gasteiger partial charge on any atom is 0.180 e. The van der Waals surface area contributed by atoms with E-state index >= 15 is 0 Å². The Hall–Kier alpha value is -1.42. The summed E-state index contributed by atoms with van der Waals surface area (Å²) >= 11 is 0. The van der Waals surface area contributed by atoms with Crippen molar-refractivity contribution in [1.82, 2.24) is 4.90 Å². The summed E-state index contributed by atoms with van der Waals surface area (Å²) in [5, 5.41) is 0. The van der Waals surface area contributed by atoms with E-state index in [4.69, 9.17) is 4.74 Å². The lowest BCUT2D eigenvalue weighted by Crippen LogP contribution is -2.22. The molecule has 3 nitrogen and oxygen atoms in total. The van der Waals surface area contributed by atoms with Crippen molar-refractivity contribution in [3.05, 3.63) is 29.6 Å². The van der Waals surface area contributed by atoms with E-state index in [0.717, 1.165) is 0 Å². The number of ether oxygens (including phenoxy) is 1. The first-order chi connectivity index (χ1) is 7.04. The van der Waals surface area contributed by atoms with E-state index in [9.17, 15) is 9.18 Å². The van der Waals surface area contributed by atoms with Gasteiger partial charge in [0, 0.05) is 0 Å². The van der Waals surface area contributed by atoms with Gasteiger partial charge in [-0.3, -0.25) is 4.79 Å². The largest absolute Gasteiger partial charge is 0.496 e. The summed E-state index contributed by atoms with van der Waals surface area (Å²) in [4.78, 5) is 13.4. The van der Waals surface area contributed by atoms with Gasteiger partial charge < -0.3 is 9.64 Å². The molecule has 0 atom stereocenters. The van der Waals surface area contributed by atoms with Gasteiger partial charge in [-0.1, -0.05) is 0 Å². The van der Waals surface area contributed by atoms with Gasteiger partial charge in [0.05, 0.1) is 19.2 Å². The molecular formula is C11H14FNO2. The van der Waals surface area contributed by atoms with Crippen LogP contribution in [0.5, 0.6) is 5.75 Å². The van der Waals surface area contributed by atoms with Crippen molar-refractivity contribution < 1.29 is 13.9 Å². The van der Waals surface area contributed by atoms with Crippen molar-refractivity contribution in [3.8, 4) is 5.75 Å². The van der Waals surface area contributed by atoms with Crippen molar-refractivity contribution in [2.45, 2.75) is 0 Å². The topological polar surface area (TPSA) is 29.5 Å². The van der Waals surface area contributed by atoms with Gasteiger partial charge in [-0.15, -0.1) is 0 Å². The number of rotatable bonds is 4. The van der Waals surface area contributed by atoms with Gasteiger partial charge in [0.25, 0.3) is 0 Å². The van der Waals surface area contributed by atoms with Crippen molar-refractivity contribution in [2.75, 3.05) is 27.7 Å². The molecule has 0 saturated heterocycles. The molecule has 0 amide bonds. The quantitative estimate of drug-likeness (QED) is 0.708. The molecule has 1 rings (SSSR count). The molecule has 0 radical (unpaired) electrons. The van der Waals surface area contributed by atoms with Gasteiger partial charge in [0.1, 0.15) is 11.6 Å². The van der Waals surface area contributed by atoms with E-state index in [-0.39, 0.29) is 17.9 Å². The van der Waals surface area contributed by atoms with Crippen molar-refractivity contribution >= 4 is 5.78 Å². The summed E-state index contributed by atoms with van der Waals surface area (Å²) in [5.74, 6) is -0.183. The molecule has 15 heavy (non-hydrogen) atoms. The van der Waals surface area contributed by atoms with Crippen molar-refractivity contribution in [1.29, 1.82) is 0 Å². The zero-order valence-corrected chi connectivity index (χ0v) is 9.08. The molecule has 0 aliphatic carbocycles. The minimum absolute atomic E-state index is 0.156. The van der Waals surface area contributed by atoms with Crippen LogP contribution in [0.3, 0.4) is 0 Å². The number of likely N-dealkylation sites (N-methyl/N-ethyl adjacent to an activating group) is 1. The van der Waals surface area contributed by atoms with E-state index in [1.807, 2.05) is 0 Å². The fraction of sp³-hybridized carbons (Fsp3) is 0.364. The Morgan fingerprint density at radius 1 is 1.47 bits per heavy atom. The summed E-state index contributed by atoms with van der Waals surface area (Å²) in [6.45, 7) is 0.236. The van der Waals surface area contributed by atoms with Crippen LogP contribution in [0.4, 0.5) is 4.39 Å². The van der Waals surface area contributed by atoms with Crippen LogP contribution in [0.15, 0.2) is 18.2 Å². The minimum atomic E-state index is -0.432. The summed E-state index contributed by atoms with van der Waals surface area (Å²) < 4.78 is 18.0. The number of ketones is 1. The molecule has 0 bridgehead atoms. The van der Waals surface area contributed by atoms with Gasteiger partial charge in [0.2, 0.25) is 0 Å². The van der Waals surface area contributed by atoms with Crippen LogP contribution in [0.1, 0.15) is 10.4 Å². The molecule has 0 aromatic heterocycles. The van der Waals surface area contributed by atoms with Crippen LogP contribution < -0.4 is 4.74 Å². The van der Waals surface area contributed by atoms with E-state index in [1.54, 1.807) is 19.0 Å². The number of carbonyl (C=O) groups is 1.